The van der Waals surface area contributed by atoms with Crippen LogP contribution in [0.4, 0.5) is 0 Å². The summed E-state index contributed by atoms with van der Waals surface area (Å²) in [5.74, 6) is -1.48. The normalized spacial score (nSPS) is 12.6. The van der Waals surface area contributed by atoms with Crippen molar-refractivity contribution >= 4 is 17.8 Å². The Balaban J connectivity index is 4.16. The first-order valence-corrected chi connectivity index (χ1v) is 21.9. The van der Waals surface area contributed by atoms with Crippen LogP contribution in [-0.2, 0) is 19.1 Å². The number of hydrogen-bond acceptors (Lipinski definition) is 4. The quantitative estimate of drug-likeness (QED) is 0.0372. The molecule has 304 valence electrons. The number of carboxylic acids is 1. The number of rotatable bonds is 39. The lowest BCUT2D eigenvalue weighted by Crippen LogP contribution is -2.28. The van der Waals surface area contributed by atoms with E-state index in [9.17, 15) is 14.4 Å². The molecule has 0 aliphatic carbocycles. The summed E-state index contributed by atoms with van der Waals surface area (Å²) in [6.07, 6.45) is 55.1. The second-order valence-corrected chi connectivity index (χ2v) is 14.6. The molecule has 6 heteroatoms. The Morgan fingerprint density at radius 3 is 1.34 bits per heavy atom. The SMILES string of the molecule is CC/C=C\C/C=C\C/C=C\C/C=C\C/C=C\C(CCCCC(=O)NCC(=O)O)OC(=O)CCCCCCCCCCCCCCCCCCCCCC. The number of carbonyl (C=O) groups is 3. The minimum absolute atomic E-state index is 0.155. The van der Waals surface area contributed by atoms with Crippen molar-refractivity contribution in [3.05, 3.63) is 60.8 Å². The van der Waals surface area contributed by atoms with Crippen LogP contribution in [0.15, 0.2) is 60.8 Å². The van der Waals surface area contributed by atoms with Crippen LogP contribution < -0.4 is 5.32 Å². The van der Waals surface area contributed by atoms with E-state index in [1.165, 1.54) is 116 Å². The number of carboxylic acid groups (broad SMARTS) is 1. The van der Waals surface area contributed by atoms with Crippen molar-refractivity contribution in [1.29, 1.82) is 0 Å². The van der Waals surface area contributed by atoms with Gasteiger partial charge in [-0.05, 0) is 63.9 Å². The highest BCUT2D eigenvalue weighted by atomic mass is 16.5. The molecule has 2 N–H and O–H groups in total. The molecule has 0 spiro atoms. The molecule has 0 heterocycles. The van der Waals surface area contributed by atoms with Gasteiger partial charge in [-0.1, -0.05) is 191 Å². The van der Waals surface area contributed by atoms with Gasteiger partial charge in [-0.25, -0.2) is 0 Å². The van der Waals surface area contributed by atoms with Crippen LogP contribution in [0, 0.1) is 0 Å². The molecule has 0 aliphatic rings. The highest BCUT2D eigenvalue weighted by molar-refractivity contribution is 5.80. The van der Waals surface area contributed by atoms with Crippen LogP contribution in [-0.4, -0.2) is 35.6 Å². The molecule has 0 saturated carbocycles. The average molecular weight is 740 g/mol. The Bertz CT molecular complexity index is 995. The van der Waals surface area contributed by atoms with E-state index in [0.29, 0.717) is 25.7 Å². The number of carbonyl (C=O) groups excluding carboxylic acids is 2. The number of ether oxygens (including phenoxy) is 1. The summed E-state index contributed by atoms with van der Waals surface area (Å²) in [6.45, 7) is 4.06. The topological polar surface area (TPSA) is 92.7 Å². The lowest BCUT2D eigenvalue weighted by molar-refractivity contribution is -0.147. The summed E-state index contributed by atoms with van der Waals surface area (Å²) in [5.41, 5.74) is 0. The number of hydrogen-bond donors (Lipinski definition) is 2. The van der Waals surface area contributed by atoms with Gasteiger partial charge in [0.2, 0.25) is 5.91 Å². The lowest BCUT2D eigenvalue weighted by atomic mass is 10.0. The molecule has 6 nitrogen and oxygen atoms in total. The first kappa shape index (κ1) is 50.1. The summed E-state index contributed by atoms with van der Waals surface area (Å²) in [6, 6.07) is 0. The van der Waals surface area contributed by atoms with Gasteiger partial charge in [0.15, 0.2) is 0 Å². The third kappa shape index (κ3) is 41.7. The van der Waals surface area contributed by atoms with Gasteiger partial charge in [0.1, 0.15) is 12.6 Å². The molecule has 0 aromatic heterocycles. The first-order valence-electron chi connectivity index (χ1n) is 21.9. The van der Waals surface area contributed by atoms with Gasteiger partial charge < -0.3 is 15.2 Å². The highest BCUT2D eigenvalue weighted by Crippen LogP contribution is 2.16. The molecule has 0 aliphatic heterocycles. The number of nitrogens with one attached hydrogen (secondary N) is 1. The molecule has 53 heavy (non-hydrogen) atoms. The van der Waals surface area contributed by atoms with E-state index in [2.05, 4.69) is 67.8 Å². The summed E-state index contributed by atoms with van der Waals surface area (Å²) < 4.78 is 5.84. The van der Waals surface area contributed by atoms with E-state index in [-0.39, 0.29) is 30.9 Å². The molecule has 0 aromatic rings. The molecule has 0 aromatic carbocycles. The van der Waals surface area contributed by atoms with E-state index >= 15 is 0 Å². The molecule has 0 rings (SSSR count). The Morgan fingerprint density at radius 1 is 0.509 bits per heavy atom. The number of allylic oxidation sites excluding steroid dienone is 9. The number of amides is 1. The zero-order chi connectivity index (χ0) is 38.7. The monoisotopic (exact) mass is 740 g/mol. The molecule has 0 fully saturated rings. The zero-order valence-corrected chi connectivity index (χ0v) is 34.4. The van der Waals surface area contributed by atoms with E-state index < -0.39 is 5.97 Å². The third-order valence-corrected chi connectivity index (χ3v) is 9.44. The highest BCUT2D eigenvalue weighted by Gasteiger charge is 2.12. The number of esters is 1. The Morgan fingerprint density at radius 2 is 0.906 bits per heavy atom. The molecule has 0 radical (unpaired) electrons. The number of aliphatic carboxylic acids is 1. The molecule has 1 atom stereocenters. The maximum absolute atomic E-state index is 12.7. The number of unbranched alkanes of at least 4 members (excludes halogenated alkanes) is 20. The fraction of sp³-hybridized carbons (Fsp3) is 0.723. The first-order chi connectivity index (χ1) is 26.0. The third-order valence-electron chi connectivity index (χ3n) is 9.44. The largest absolute Gasteiger partial charge is 0.480 e. The average Bonchev–Trinajstić information content (AvgIpc) is 3.14. The van der Waals surface area contributed by atoms with Crippen molar-refractivity contribution in [1.82, 2.24) is 5.32 Å². The van der Waals surface area contributed by atoms with Gasteiger partial charge in [-0.3, -0.25) is 14.4 Å². The predicted octanol–water partition coefficient (Wildman–Crippen LogP) is 13.6. The molecule has 1 amide bonds. The maximum Gasteiger partial charge on any atom is 0.322 e. The van der Waals surface area contributed by atoms with E-state index in [1.54, 1.807) is 0 Å². The van der Waals surface area contributed by atoms with Crippen LogP contribution in [0.3, 0.4) is 0 Å². The Hall–Kier alpha value is -2.89. The van der Waals surface area contributed by atoms with Crippen molar-refractivity contribution in [2.45, 2.75) is 213 Å². The molecular weight excluding hydrogens is 659 g/mol. The van der Waals surface area contributed by atoms with Crippen LogP contribution in [0.1, 0.15) is 206 Å². The van der Waals surface area contributed by atoms with Crippen LogP contribution in [0.25, 0.3) is 0 Å². The van der Waals surface area contributed by atoms with Gasteiger partial charge in [0, 0.05) is 12.8 Å². The Kier molecular flexibility index (Phi) is 39.6. The fourth-order valence-electron chi connectivity index (χ4n) is 6.23. The molecular formula is C47H81NO5. The fourth-order valence-corrected chi connectivity index (χ4v) is 6.23. The predicted molar refractivity (Wildman–Crippen MR) is 226 cm³/mol. The van der Waals surface area contributed by atoms with Gasteiger partial charge >= 0.3 is 11.9 Å². The van der Waals surface area contributed by atoms with Crippen molar-refractivity contribution in [3.63, 3.8) is 0 Å². The smallest absolute Gasteiger partial charge is 0.322 e. The van der Waals surface area contributed by atoms with Crippen molar-refractivity contribution in [3.8, 4) is 0 Å². The van der Waals surface area contributed by atoms with Crippen molar-refractivity contribution < 1.29 is 24.2 Å². The van der Waals surface area contributed by atoms with Crippen LogP contribution in [0.5, 0.6) is 0 Å². The minimum Gasteiger partial charge on any atom is -0.480 e. The lowest BCUT2D eigenvalue weighted by Gasteiger charge is -2.14. The van der Waals surface area contributed by atoms with Gasteiger partial charge in [-0.2, -0.15) is 0 Å². The summed E-state index contributed by atoms with van der Waals surface area (Å²) >= 11 is 0. The van der Waals surface area contributed by atoms with Gasteiger partial charge in [-0.15, -0.1) is 0 Å². The van der Waals surface area contributed by atoms with Gasteiger partial charge in [0.05, 0.1) is 0 Å². The second-order valence-electron chi connectivity index (χ2n) is 14.6. The molecule has 0 bridgehead atoms. The summed E-state index contributed by atoms with van der Waals surface area (Å²) in [7, 11) is 0. The Labute approximate surface area is 326 Å². The molecule has 0 saturated heterocycles. The summed E-state index contributed by atoms with van der Waals surface area (Å²) in [4.78, 5) is 35.2. The standard InChI is InChI=1S/C47H81NO5/c1-3-5-7-9-11-13-15-17-19-20-21-22-23-24-26-28-30-32-34-36-42-47(52)53-44(40-37-38-41-45(49)48-43-46(50)51)39-35-33-31-29-27-25-18-16-14-12-10-8-6-4-2/h6,8,12,14,18,25,29,31,35,39,44H,3-5,7,9-11,13,15-17,19-24,26-28,30,32-34,36-38,40-43H2,1-2H3,(H,48,49)(H,50,51)/b8-6-,14-12-,25-18-,31-29-,39-35-. The zero-order valence-electron chi connectivity index (χ0n) is 34.4. The van der Waals surface area contributed by atoms with Crippen LogP contribution >= 0.6 is 0 Å². The maximum atomic E-state index is 12.7. The van der Waals surface area contributed by atoms with Crippen molar-refractivity contribution in [2.24, 2.45) is 0 Å². The summed E-state index contributed by atoms with van der Waals surface area (Å²) in [5, 5.41) is 11.1. The van der Waals surface area contributed by atoms with E-state index in [4.69, 9.17) is 9.84 Å². The second kappa shape index (κ2) is 41.9. The minimum atomic E-state index is -1.05. The van der Waals surface area contributed by atoms with E-state index in [1.807, 2.05) is 12.2 Å². The molecule has 1 unspecified atom stereocenters. The van der Waals surface area contributed by atoms with Gasteiger partial charge in [0.25, 0.3) is 0 Å². The van der Waals surface area contributed by atoms with Crippen molar-refractivity contribution in [2.75, 3.05) is 6.54 Å². The van der Waals surface area contributed by atoms with E-state index in [0.717, 1.165) is 44.9 Å². The van der Waals surface area contributed by atoms with Crippen LogP contribution in [0.2, 0.25) is 0 Å².